The van der Waals surface area contributed by atoms with Gasteiger partial charge in [0.1, 0.15) is 0 Å². The number of benzene rings is 19. The number of hydrogen-bond acceptors (Lipinski definition) is 2. The summed E-state index contributed by atoms with van der Waals surface area (Å²) in [6, 6.07) is 144. The molecular weight excluding hydrogens is 1770 g/mol. The highest BCUT2D eigenvalue weighted by molar-refractivity contribution is 6.15. The molecule has 0 bridgehead atoms. The van der Waals surface area contributed by atoms with Gasteiger partial charge in [-0.2, -0.15) is 0 Å². The predicted octanol–water partition coefficient (Wildman–Crippen LogP) is 39.3. The topological polar surface area (TPSA) is 32.2 Å². The molecule has 1 aliphatic rings. The normalized spacial score (nSPS) is 12.4. The zero-order valence-corrected chi connectivity index (χ0v) is 88.5. The highest BCUT2D eigenvalue weighted by Crippen LogP contribution is 2.54. The molecule has 6 heteroatoms. The van der Waals surface area contributed by atoms with E-state index in [-0.39, 0.29) is 21.7 Å². The molecule has 0 saturated carbocycles. The average Bonchev–Trinajstić information content (AvgIpc) is 1.56. The van der Waals surface area contributed by atoms with Crippen LogP contribution in [0.5, 0.6) is 11.5 Å². The van der Waals surface area contributed by atoms with Crippen molar-refractivity contribution >= 4 is 104 Å². The lowest BCUT2D eigenvalue weighted by Crippen LogP contribution is -2.16. The largest absolute Gasteiger partial charge is 0.453 e. The number of hydrogen-bond donors (Lipinski definition) is 0. The first kappa shape index (κ1) is 94.9. The second kappa shape index (κ2) is 36.7. The Morgan fingerprint density at radius 2 is 0.336 bits per heavy atom. The quantitative estimate of drug-likeness (QED) is 0.129. The van der Waals surface area contributed by atoms with Crippen LogP contribution in [0.2, 0.25) is 0 Å². The molecule has 24 rings (SSSR count). The van der Waals surface area contributed by atoms with Crippen LogP contribution < -0.4 is 9.64 Å². The summed E-state index contributed by atoms with van der Waals surface area (Å²) in [5, 5.41) is 10.3. The number of aromatic nitrogens is 4. The number of anilines is 3. The highest BCUT2D eigenvalue weighted by atomic mass is 16.5. The van der Waals surface area contributed by atoms with Crippen molar-refractivity contribution in [2.45, 2.75) is 174 Å². The van der Waals surface area contributed by atoms with Crippen molar-refractivity contribution in [3.8, 4) is 101 Å². The van der Waals surface area contributed by atoms with E-state index in [0.29, 0.717) is 0 Å². The van der Waals surface area contributed by atoms with Crippen LogP contribution in [0.4, 0.5) is 17.1 Å². The molecule has 0 spiro atoms. The first-order chi connectivity index (χ1) is 69.9. The maximum Gasteiger partial charge on any atom is 0.151 e. The van der Waals surface area contributed by atoms with E-state index in [1.54, 1.807) is 0 Å². The molecule has 0 radical (unpaired) electrons. The molecule has 0 unspecified atom stereocenters. The van der Waals surface area contributed by atoms with Crippen LogP contribution in [0.3, 0.4) is 0 Å². The van der Waals surface area contributed by atoms with E-state index in [2.05, 4.69) is 558 Å². The Morgan fingerprint density at radius 3 is 0.575 bits per heavy atom. The van der Waals surface area contributed by atoms with Gasteiger partial charge in [0.05, 0.1) is 55.5 Å². The minimum Gasteiger partial charge on any atom is -0.453 e. The van der Waals surface area contributed by atoms with Crippen LogP contribution in [0.25, 0.3) is 177 Å². The van der Waals surface area contributed by atoms with Crippen molar-refractivity contribution in [2.75, 3.05) is 4.90 Å². The standard InChI is InChI=1S/C72H73NO.C47H37N3.C21H19N/c1-46-15-33-65-67(35-46)74-68-36-47(2)16-34-66(68)73(65)64-44-58(56-39-52(48-17-25-60(26-18-48)69(3,4)5)37-53(40-56)49-19-27-61(28-20-49)70(6,7)8)43-59(45-64)57-41-54(50-21-29-62(30-22-50)71(9,10)11)38-55(42-57)51-23-31-63(32-24-51)72(12,13)14;1-28-6-12-33(13-7-28)48-46-20-14-34(49-42-16-8-29(2)22-36(42)37-23-30(3)9-17-43(37)49)26-40(46)41-27-35(15-21-47(41)48)50-44-18-10-31(4)24-38(44)39-25-32(5)11-19-45(39)50;1-14-4-8-17(9-5-14)22-20-10-6-15(2)12-18(20)19-13-16(3)7-11-21(19)22/h15-45H,1-14H3;6-27H,1-5H3;4-13H,1-3H3. The Labute approximate surface area is 861 Å². The van der Waals surface area contributed by atoms with Gasteiger partial charge in [0.25, 0.3) is 0 Å². The summed E-state index contributed by atoms with van der Waals surface area (Å²) in [6.45, 7) is 49.0. The van der Waals surface area contributed by atoms with Gasteiger partial charge in [-0.15, -0.1) is 0 Å². The third kappa shape index (κ3) is 18.1. The van der Waals surface area contributed by atoms with E-state index in [1.807, 2.05) is 0 Å². The summed E-state index contributed by atoms with van der Waals surface area (Å²) in [4.78, 5) is 2.41. The minimum absolute atomic E-state index is 0.0498. The maximum atomic E-state index is 6.75. The van der Waals surface area contributed by atoms with Crippen LogP contribution in [0.1, 0.15) is 161 Å². The molecule has 720 valence electrons. The molecule has 6 nitrogen and oxygen atoms in total. The summed E-state index contributed by atoms with van der Waals surface area (Å²) >= 11 is 0. The van der Waals surface area contributed by atoms with Gasteiger partial charge in [-0.1, -0.05) is 297 Å². The van der Waals surface area contributed by atoms with Gasteiger partial charge >= 0.3 is 0 Å². The van der Waals surface area contributed by atoms with Crippen molar-refractivity contribution in [2.24, 2.45) is 0 Å². The fourth-order valence-electron chi connectivity index (χ4n) is 21.8. The third-order valence-electron chi connectivity index (χ3n) is 30.0. The number of aryl methyl sites for hydroxylation is 10. The van der Waals surface area contributed by atoms with E-state index in [9.17, 15) is 0 Å². The Balaban J connectivity index is 0.000000143. The summed E-state index contributed by atoms with van der Waals surface area (Å²) in [5.41, 5.74) is 49.8. The van der Waals surface area contributed by atoms with E-state index in [1.165, 1.54) is 221 Å². The van der Waals surface area contributed by atoms with Crippen molar-refractivity contribution in [1.82, 2.24) is 18.3 Å². The molecule has 5 heterocycles. The van der Waals surface area contributed by atoms with Crippen LogP contribution in [0.15, 0.2) is 382 Å². The molecule has 19 aromatic carbocycles. The van der Waals surface area contributed by atoms with Crippen LogP contribution >= 0.6 is 0 Å². The lowest BCUT2D eigenvalue weighted by atomic mass is 9.84. The van der Waals surface area contributed by atoms with Gasteiger partial charge in [-0.05, 0) is 403 Å². The second-order valence-electron chi connectivity index (χ2n) is 45.6. The first-order valence-electron chi connectivity index (χ1n) is 51.8. The molecule has 4 aromatic heterocycles. The molecule has 23 aromatic rings. The molecule has 0 saturated heterocycles. The first-order valence-corrected chi connectivity index (χ1v) is 51.8. The average molecular weight is 1900 g/mol. The summed E-state index contributed by atoms with van der Waals surface area (Å²) < 4.78 is 16.4. The smallest absolute Gasteiger partial charge is 0.151 e. The lowest BCUT2D eigenvalue weighted by Gasteiger charge is -2.34. The van der Waals surface area contributed by atoms with Gasteiger partial charge < -0.3 is 27.9 Å². The van der Waals surface area contributed by atoms with E-state index >= 15 is 0 Å². The monoisotopic (exact) mass is 1900 g/mol. The number of ether oxygens (including phenoxy) is 1. The summed E-state index contributed by atoms with van der Waals surface area (Å²) in [5.74, 6) is 1.69. The molecule has 0 amide bonds. The zero-order valence-electron chi connectivity index (χ0n) is 88.5. The molecule has 0 fully saturated rings. The Hall–Kier alpha value is -16.0. The van der Waals surface area contributed by atoms with Crippen molar-refractivity contribution in [3.05, 3.63) is 460 Å². The van der Waals surface area contributed by atoms with E-state index in [4.69, 9.17) is 4.74 Å². The van der Waals surface area contributed by atoms with Crippen molar-refractivity contribution in [1.29, 1.82) is 0 Å². The van der Waals surface area contributed by atoms with Gasteiger partial charge in [0.2, 0.25) is 0 Å². The van der Waals surface area contributed by atoms with E-state index < -0.39 is 0 Å². The van der Waals surface area contributed by atoms with Crippen molar-refractivity contribution in [3.63, 3.8) is 0 Å². The Morgan fingerprint density at radius 1 is 0.151 bits per heavy atom. The Bertz CT molecular complexity index is 8350. The maximum absolute atomic E-state index is 6.75. The molecule has 1 aliphatic heterocycles. The molecular formula is C140H129N5O. The molecule has 0 atom stereocenters. The van der Waals surface area contributed by atoms with Crippen LogP contribution in [-0.4, -0.2) is 18.3 Å². The molecule has 146 heavy (non-hydrogen) atoms. The van der Waals surface area contributed by atoms with Crippen LogP contribution in [-0.2, 0) is 21.7 Å². The number of rotatable bonds is 11. The predicted molar refractivity (Wildman–Crippen MR) is 626 cm³/mol. The molecule has 0 N–H and O–H groups in total. The lowest BCUT2D eigenvalue weighted by molar-refractivity contribution is 0.476. The van der Waals surface area contributed by atoms with Gasteiger partial charge in [0.15, 0.2) is 11.5 Å². The minimum atomic E-state index is 0.0498. The van der Waals surface area contributed by atoms with E-state index in [0.717, 1.165) is 61.9 Å². The number of fused-ring (bicyclic) bond motifs is 14. The SMILES string of the molecule is Cc1ccc(-n2c3ccc(-n4c5ccc(C)cc5c5cc(C)ccc54)cc3c3cc(-n4c5ccc(C)cc5c5cc(C)ccc54)ccc32)cc1.Cc1ccc(-n2c3ccc(C)cc3c3cc(C)ccc32)cc1.Cc1ccc2c(c1)Oc1cc(C)ccc1N2c1cc(-c2cc(-c3ccc(C(C)(C)C)cc3)cc(-c3ccc(C(C)(C)C)cc3)c2)cc(-c2cc(-c3ccc(C(C)(C)C)cc3)cc(-c3ccc(C(C)(C)C)cc3)c2)c1. The second-order valence-corrected chi connectivity index (χ2v) is 45.6. The Kier molecular flexibility index (Phi) is 23.8. The molecule has 0 aliphatic carbocycles. The van der Waals surface area contributed by atoms with Gasteiger partial charge in [-0.25, -0.2) is 0 Å². The van der Waals surface area contributed by atoms with Gasteiger partial charge in [0, 0.05) is 71.5 Å². The highest BCUT2D eigenvalue weighted by Gasteiger charge is 2.30. The fourth-order valence-corrected chi connectivity index (χ4v) is 21.8. The summed E-state index contributed by atoms with van der Waals surface area (Å²) in [6.07, 6.45) is 0. The number of nitrogens with zero attached hydrogens (tertiary/aromatic N) is 5. The zero-order chi connectivity index (χ0) is 102. The van der Waals surface area contributed by atoms with Crippen LogP contribution in [0, 0.1) is 69.2 Å². The van der Waals surface area contributed by atoms with Crippen molar-refractivity contribution < 1.29 is 4.74 Å². The van der Waals surface area contributed by atoms with Gasteiger partial charge in [-0.3, -0.25) is 0 Å². The fraction of sp³-hybridized carbons (Fsp3) is 0.186. The summed E-state index contributed by atoms with van der Waals surface area (Å²) in [7, 11) is 0. The third-order valence-corrected chi connectivity index (χ3v) is 30.0.